The summed E-state index contributed by atoms with van der Waals surface area (Å²) < 4.78 is 5.92. The number of benzene rings is 1. The Morgan fingerprint density at radius 3 is 2.90 bits per heavy atom. The SMILES string of the molecule is CCNC1c2ccccc2CC1N(C)CC1CCCCO1. The molecule has 2 aliphatic rings. The van der Waals surface area contributed by atoms with E-state index in [9.17, 15) is 0 Å². The average molecular weight is 288 g/mol. The highest BCUT2D eigenvalue weighted by Crippen LogP contribution is 2.34. The molecule has 0 aromatic heterocycles. The lowest BCUT2D eigenvalue weighted by atomic mass is 10.0. The van der Waals surface area contributed by atoms with Crippen LogP contribution >= 0.6 is 0 Å². The zero-order chi connectivity index (χ0) is 14.7. The van der Waals surface area contributed by atoms with Crippen LogP contribution in [0.5, 0.6) is 0 Å². The summed E-state index contributed by atoms with van der Waals surface area (Å²) in [5, 5.41) is 3.69. The maximum Gasteiger partial charge on any atom is 0.0702 e. The molecule has 0 radical (unpaired) electrons. The van der Waals surface area contributed by atoms with E-state index in [0.29, 0.717) is 18.2 Å². The molecule has 3 nitrogen and oxygen atoms in total. The van der Waals surface area contributed by atoms with Gasteiger partial charge in [0.15, 0.2) is 0 Å². The molecule has 0 bridgehead atoms. The van der Waals surface area contributed by atoms with E-state index < -0.39 is 0 Å². The normalized spacial score (nSPS) is 28.8. The first-order valence-corrected chi connectivity index (χ1v) is 8.42. The molecule has 1 saturated heterocycles. The number of rotatable bonds is 5. The van der Waals surface area contributed by atoms with Crippen molar-refractivity contribution in [2.45, 2.75) is 50.8 Å². The second-order valence-corrected chi connectivity index (χ2v) is 6.43. The second-order valence-electron chi connectivity index (χ2n) is 6.43. The van der Waals surface area contributed by atoms with Crippen LogP contribution in [-0.2, 0) is 11.2 Å². The summed E-state index contributed by atoms with van der Waals surface area (Å²) in [5.41, 5.74) is 2.99. The van der Waals surface area contributed by atoms with Crippen LogP contribution < -0.4 is 5.32 Å². The number of hydrogen-bond acceptors (Lipinski definition) is 3. The molecule has 3 unspecified atom stereocenters. The zero-order valence-electron chi connectivity index (χ0n) is 13.3. The molecule has 0 spiro atoms. The van der Waals surface area contributed by atoms with Crippen LogP contribution in [0.4, 0.5) is 0 Å². The summed E-state index contributed by atoms with van der Waals surface area (Å²) in [6.45, 7) is 5.21. The zero-order valence-corrected chi connectivity index (χ0v) is 13.3. The number of nitrogens with one attached hydrogen (secondary N) is 1. The van der Waals surface area contributed by atoms with Gasteiger partial charge in [-0.05, 0) is 50.4 Å². The fraction of sp³-hybridized carbons (Fsp3) is 0.667. The Bertz CT molecular complexity index is 456. The third-order valence-corrected chi connectivity index (χ3v) is 4.96. The fourth-order valence-electron chi connectivity index (χ4n) is 3.86. The van der Waals surface area contributed by atoms with Gasteiger partial charge in [0.25, 0.3) is 0 Å². The van der Waals surface area contributed by atoms with Crippen molar-refractivity contribution in [1.82, 2.24) is 10.2 Å². The first-order valence-electron chi connectivity index (χ1n) is 8.42. The van der Waals surface area contributed by atoms with E-state index in [1.165, 1.54) is 30.4 Å². The highest BCUT2D eigenvalue weighted by Gasteiger charge is 2.35. The molecule has 1 heterocycles. The molecule has 0 saturated carbocycles. The van der Waals surface area contributed by atoms with E-state index in [1.54, 1.807) is 0 Å². The third kappa shape index (κ3) is 3.31. The monoisotopic (exact) mass is 288 g/mol. The van der Waals surface area contributed by atoms with Crippen LogP contribution in [0, 0.1) is 0 Å². The first-order chi connectivity index (χ1) is 10.3. The minimum atomic E-state index is 0.426. The molecule has 1 aromatic rings. The fourth-order valence-corrected chi connectivity index (χ4v) is 3.86. The highest BCUT2D eigenvalue weighted by molar-refractivity contribution is 5.37. The molecule has 116 valence electrons. The van der Waals surface area contributed by atoms with Gasteiger partial charge in [-0.1, -0.05) is 31.2 Å². The predicted molar refractivity (Wildman–Crippen MR) is 86.6 cm³/mol. The van der Waals surface area contributed by atoms with Gasteiger partial charge in [-0.3, -0.25) is 4.90 Å². The Morgan fingerprint density at radius 2 is 2.14 bits per heavy atom. The van der Waals surface area contributed by atoms with Gasteiger partial charge in [0.1, 0.15) is 0 Å². The van der Waals surface area contributed by atoms with Crippen molar-refractivity contribution >= 4 is 0 Å². The van der Waals surface area contributed by atoms with E-state index in [1.807, 2.05) is 0 Å². The van der Waals surface area contributed by atoms with Gasteiger partial charge >= 0.3 is 0 Å². The van der Waals surface area contributed by atoms with E-state index in [-0.39, 0.29) is 0 Å². The molecular weight excluding hydrogens is 260 g/mol. The molecule has 1 aliphatic heterocycles. The molecule has 1 N–H and O–H groups in total. The second kappa shape index (κ2) is 6.91. The number of hydrogen-bond donors (Lipinski definition) is 1. The summed E-state index contributed by atoms with van der Waals surface area (Å²) >= 11 is 0. The molecule has 21 heavy (non-hydrogen) atoms. The van der Waals surface area contributed by atoms with Crippen molar-refractivity contribution in [2.24, 2.45) is 0 Å². The van der Waals surface area contributed by atoms with Gasteiger partial charge in [0.05, 0.1) is 6.10 Å². The lowest BCUT2D eigenvalue weighted by molar-refractivity contribution is -0.0101. The minimum Gasteiger partial charge on any atom is -0.377 e. The molecular formula is C18H28N2O. The maximum atomic E-state index is 5.92. The standard InChI is InChI=1S/C18H28N2O/c1-3-19-18-16-10-5-4-8-14(16)12-17(18)20(2)13-15-9-6-7-11-21-15/h4-5,8,10,15,17-19H,3,6-7,9,11-13H2,1-2H3. The average Bonchev–Trinajstić information content (AvgIpc) is 2.88. The highest BCUT2D eigenvalue weighted by atomic mass is 16.5. The van der Waals surface area contributed by atoms with Gasteiger partial charge in [-0.15, -0.1) is 0 Å². The summed E-state index contributed by atoms with van der Waals surface area (Å²) in [6, 6.07) is 9.90. The van der Waals surface area contributed by atoms with Crippen molar-refractivity contribution in [3.05, 3.63) is 35.4 Å². The van der Waals surface area contributed by atoms with Gasteiger partial charge in [-0.25, -0.2) is 0 Å². The van der Waals surface area contributed by atoms with Crippen molar-refractivity contribution in [3.63, 3.8) is 0 Å². The maximum absolute atomic E-state index is 5.92. The molecule has 1 aliphatic carbocycles. The topological polar surface area (TPSA) is 24.5 Å². The minimum absolute atomic E-state index is 0.426. The largest absolute Gasteiger partial charge is 0.377 e. The summed E-state index contributed by atoms with van der Waals surface area (Å²) in [5.74, 6) is 0. The lowest BCUT2D eigenvalue weighted by Gasteiger charge is -2.34. The predicted octanol–water partition coefficient (Wildman–Crippen LogP) is 2.76. The molecule has 0 amide bonds. The molecule has 1 aromatic carbocycles. The van der Waals surface area contributed by atoms with Crippen LogP contribution in [0.25, 0.3) is 0 Å². The van der Waals surface area contributed by atoms with Crippen molar-refractivity contribution < 1.29 is 4.74 Å². The molecule has 1 fully saturated rings. The first kappa shape index (κ1) is 15.0. The third-order valence-electron chi connectivity index (χ3n) is 4.96. The molecule has 3 heteroatoms. The number of fused-ring (bicyclic) bond motifs is 1. The Labute approximate surface area is 128 Å². The smallest absolute Gasteiger partial charge is 0.0702 e. The van der Waals surface area contributed by atoms with Crippen molar-refractivity contribution in [2.75, 3.05) is 26.7 Å². The number of likely N-dealkylation sites (N-methyl/N-ethyl adjacent to an activating group) is 2. The Hall–Kier alpha value is -0.900. The lowest BCUT2D eigenvalue weighted by Crippen LogP contribution is -2.45. The van der Waals surface area contributed by atoms with E-state index >= 15 is 0 Å². The molecule has 3 atom stereocenters. The summed E-state index contributed by atoms with van der Waals surface area (Å²) in [4.78, 5) is 2.52. The van der Waals surface area contributed by atoms with Gasteiger partial charge in [0, 0.05) is 25.2 Å². The van der Waals surface area contributed by atoms with Crippen LogP contribution in [0.2, 0.25) is 0 Å². The van der Waals surface area contributed by atoms with E-state index in [0.717, 1.165) is 26.1 Å². The van der Waals surface area contributed by atoms with Crippen molar-refractivity contribution in [3.8, 4) is 0 Å². The Balaban J connectivity index is 1.69. The van der Waals surface area contributed by atoms with Gasteiger partial charge in [0.2, 0.25) is 0 Å². The quantitative estimate of drug-likeness (QED) is 0.901. The van der Waals surface area contributed by atoms with E-state index in [4.69, 9.17) is 4.74 Å². The molecule has 3 rings (SSSR count). The number of nitrogens with zero attached hydrogens (tertiary/aromatic N) is 1. The van der Waals surface area contributed by atoms with Crippen LogP contribution in [0.1, 0.15) is 43.4 Å². The van der Waals surface area contributed by atoms with Crippen LogP contribution in [0.3, 0.4) is 0 Å². The van der Waals surface area contributed by atoms with Gasteiger partial charge < -0.3 is 10.1 Å². The summed E-state index contributed by atoms with van der Waals surface area (Å²) in [7, 11) is 2.26. The Morgan fingerprint density at radius 1 is 1.29 bits per heavy atom. The van der Waals surface area contributed by atoms with Crippen LogP contribution in [-0.4, -0.2) is 43.8 Å². The Kier molecular flexibility index (Phi) is 4.94. The van der Waals surface area contributed by atoms with E-state index in [2.05, 4.69) is 48.5 Å². The van der Waals surface area contributed by atoms with Crippen molar-refractivity contribution in [1.29, 1.82) is 0 Å². The van der Waals surface area contributed by atoms with Gasteiger partial charge in [-0.2, -0.15) is 0 Å². The summed E-state index contributed by atoms with van der Waals surface area (Å²) in [6.07, 6.45) is 5.34. The van der Waals surface area contributed by atoms with Crippen LogP contribution in [0.15, 0.2) is 24.3 Å². The number of ether oxygens (including phenoxy) is 1.